The molecule has 0 spiro atoms. The standard InChI is InChI=1S/C22H22N6OS/c1-16-20(24-19-10-6-5-9-18(19)23-16)15-30-22-26-25-21(27-11-13-29-14-12-27)28(22)17-7-3-2-4-8-17/h2-10H,11-15H2,1H3. The lowest BCUT2D eigenvalue weighted by Crippen LogP contribution is -2.37. The van der Waals surface area contributed by atoms with E-state index < -0.39 is 0 Å². The Morgan fingerprint density at radius 3 is 2.37 bits per heavy atom. The van der Waals surface area contributed by atoms with Gasteiger partial charge in [-0.15, -0.1) is 10.2 Å². The first kappa shape index (κ1) is 19.0. The summed E-state index contributed by atoms with van der Waals surface area (Å²) in [6.07, 6.45) is 0. The molecule has 1 aliphatic rings. The summed E-state index contributed by atoms with van der Waals surface area (Å²) >= 11 is 1.63. The van der Waals surface area contributed by atoms with E-state index in [0.717, 1.165) is 52.3 Å². The van der Waals surface area contributed by atoms with Gasteiger partial charge in [0, 0.05) is 18.8 Å². The molecule has 0 unspecified atom stereocenters. The molecule has 30 heavy (non-hydrogen) atoms. The summed E-state index contributed by atoms with van der Waals surface area (Å²) in [5.41, 5.74) is 4.80. The van der Waals surface area contributed by atoms with Gasteiger partial charge in [0.2, 0.25) is 5.95 Å². The predicted molar refractivity (Wildman–Crippen MR) is 118 cm³/mol. The molecule has 4 aromatic rings. The summed E-state index contributed by atoms with van der Waals surface area (Å²) < 4.78 is 7.63. The molecule has 1 saturated heterocycles. The zero-order valence-electron chi connectivity index (χ0n) is 16.7. The second-order valence-corrected chi connectivity index (χ2v) is 8.03. The van der Waals surface area contributed by atoms with Crippen LogP contribution in [0, 0.1) is 6.92 Å². The number of hydrogen-bond donors (Lipinski definition) is 0. The second kappa shape index (κ2) is 8.41. The number of rotatable bonds is 5. The lowest BCUT2D eigenvalue weighted by molar-refractivity contribution is 0.122. The number of ether oxygens (including phenoxy) is 1. The van der Waals surface area contributed by atoms with Gasteiger partial charge in [-0.1, -0.05) is 42.1 Å². The predicted octanol–water partition coefficient (Wildman–Crippen LogP) is 3.65. The van der Waals surface area contributed by atoms with Crippen molar-refractivity contribution in [2.24, 2.45) is 0 Å². The molecule has 0 N–H and O–H groups in total. The van der Waals surface area contributed by atoms with Crippen molar-refractivity contribution in [2.45, 2.75) is 17.8 Å². The van der Waals surface area contributed by atoms with Crippen LogP contribution in [-0.4, -0.2) is 51.0 Å². The van der Waals surface area contributed by atoms with Gasteiger partial charge >= 0.3 is 0 Å². The number of para-hydroxylation sites is 3. The van der Waals surface area contributed by atoms with Gasteiger partial charge in [0.1, 0.15) is 0 Å². The van der Waals surface area contributed by atoms with Crippen LogP contribution in [0.1, 0.15) is 11.4 Å². The van der Waals surface area contributed by atoms with Gasteiger partial charge < -0.3 is 9.64 Å². The Labute approximate surface area is 179 Å². The molecule has 0 aliphatic carbocycles. The van der Waals surface area contributed by atoms with Crippen molar-refractivity contribution in [1.29, 1.82) is 0 Å². The first-order chi connectivity index (χ1) is 14.8. The number of fused-ring (bicyclic) bond motifs is 1. The number of aromatic nitrogens is 5. The van der Waals surface area contributed by atoms with E-state index in [1.807, 2.05) is 49.4 Å². The fraction of sp³-hybridized carbons (Fsp3) is 0.273. The van der Waals surface area contributed by atoms with Gasteiger partial charge in [-0.25, -0.2) is 9.97 Å². The van der Waals surface area contributed by atoms with Gasteiger partial charge in [-0.3, -0.25) is 4.57 Å². The van der Waals surface area contributed by atoms with Crippen molar-refractivity contribution in [3.63, 3.8) is 0 Å². The van der Waals surface area contributed by atoms with Crippen molar-refractivity contribution in [1.82, 2.24) is 24.7 Å². The highest BCUT2D eigenvalue weighted by atomic mass is 32.2. The lowest BCUT2D eigenvalue weighted by Gasteiger charge is -2.27. The lowest BCUT2D eigenvalue weighted by atomic mass is 10.2. The number of benzene rings is 2. The number of aryl methyl sites for hydroxylation is 1. The molecule has 7 nitrogen and oxygen atoms in total. The summed E-state index contributed by atoms with van der Waals surface area (Å²) in [7, 11) is 0. The minimum Gasteiger partial charge on any atom is -0.378 e. The van der Waals surface area contributed by atoms with E-state index in [2.05, 4.69) is 31.8 Å². The first-order valence-electron chi connectivity index (χ1n) is 9.98. The molecule has 0 bridgehead atoms. The highest BCUT2D eigenvalue weighted by Crippen LogP contribution is 2.29. The van der Waals surface area contributed by atoms with E-state index in [1.54, 1.807) is 11.8 Å². The van der Waals surface area contributed by atoms with Gasteiger partial charge in [0.15, 0.2) is 5.16 Å². The van der Waals surface area contributed by atoms with E-state index in [1.165, 1.54) is 0 Å². The van der Waals surface area contributed by atoms with Crippen LogP contribution < -0.4 is 4.90 Å². The quantitative estimate of drug-likeness (QED) is 0.458. The zero-order chi connectivity index (χ0) is 20.3. The van der Waals surface area contributed by atoms with Gasteiger partial charge in [0.25, 0.3) is 0 Å². The van der Waals surface area contributed by atoms with Crippen LogP contribution in [0.2, 0.25) is 0 Å². The van der Waals surface area contributed by atoms with Crippen LogP contribution in [-0.2, 0) is 10.5 Å². The smallest absolute Gasteiger partial charge is 0.232 e. The van der Waals surface area contributed by atoms with E-state index in [4.69, 9.17) is 14.7 Å². The third-order valence-electron chi connectivity index (χ3n) is 5.11. The molecular formula is C22H22N6OS. The maximum atomic E-state index is 5.51. The van der Waals surface area contributed by atoms with E-state index in [-0.39, 0.29) is 0 Å². The zero-order valence-corrected chi connectivity index (χ0v) is 17.5. The average molecular weight is 419 g/mol. The van der Waals surface area contributed by atoms with Crippen molar-refractivity contribution >= 4 is 28.7 Å². The molecule has 0 radical (unpaired) electrons. The Hall–Kier alpha value is -2.97. The third kappa shape index (κ3) is 3.76. The van der Waals surface area contributed by atoms with E-state index in [9.17, 15) is 0 Å². The molecule has 152 valence electrons. The highest BCUT2D eigenvalue weighted by molar-refractivity contribution is 7.98. The fourth-order valence-corrected chi connectivity index (χ4v) is 4.48. The van der Waals surface area contributed by atoms with Crippen LogP contribution in [0.3, 0.4) is 0 Å². The maximum Gasteiger partial charge on any atom is 0.232 e. The summed E-state index contributed by atoms with van der Waals surface area (Å²) in [6, 6.07) is 18.2. The topological polar surface area (TPSA) is 69.0 Å². The largest absolute Gasteiger partial charge is 0.378 e. The van der Waals surface area contributed by atoms with Crippen LogP contribution in [0.5, 0.6) is 0 Å². The van der Waals surface area contributed by atoms with E-state index in [0.29, 0.717) is 19.0 Å². The summed E-state index contributed by atoms with van der Waals surface area (Å²) in [6.45, 7) is 5.04. The van der Waals surface area contributed by atoms with Gasteiger partial charge in [0.05, 0.1) is 41.3 Å². The molecule has 0 amide bonds. The third-order valence-corrected chi connectivity index (χ3v) is 6.05. The van der Waals surface area contributed by atoms with Crippen LogP contribution in [0.25, 0.3) is 16.7 Å². The molecule has 5 rings (SSSR count). The number of thioether (sulfide) groups is 1. The minimum absolute atomic E-state index is 0.678. The molecule has 2 aromatic carbocycles. The van der Waals surface area contributed by atoms with Crippen LogP contribution in [0.15, 0.2) is 59.8 Å². The monoisotopic (exact) mass is 418 g/mol. The Morgan fingerprint density at radius 1 is 0.900 bits per heavy atom. The normalized spacial score (nSPS) is 14.4. The van der Waals surface area contributed by atoms with Crippen LogP contribution in [0.4, 0.5) is 5.95 Å². The Kier molecular flexibility index (Phi) is 5.33. The van der Waals surface area contributed by atoms with Gasteiger partial charge in [-0.2, -0.15) is 0 Å². The second-order valence-electron chi connectivity index (χ2n) is 7.09. The number of nitrogens with zero attached hydrogens (tertiary/aromatic N) is 6. The Bertz CT molecular complexity index is 1160. The molecule has 2 aromatic heterocycles. The average Bonchev–Trinajstić information content (AvgIpc) is 3.23. The number of hydrogen-bond acceptors (Lipinski definition) is 7. The fourth-order valence-electron chi connectivity index (χ4n) is 3.52. The first-order valence-corrected chi connectivity index (χ1v) is 11.0. The Morgan fingerprint density at radius 2 is 1.60 bits per heavy atom. The van der Waals surface area contributed by atoms with E-state index >= 15 is 0 Å². The van der Waals surface area contributed by atoms with Crippen molar-refractivity contribution in [2.75, 3.05) is 31.2 Å². The maximum absolute atomic E-state index is 5.51. The molecule has 0 atom stereocenters. The molecule has 1 aliphatic heterocycles. The van der Waals surface area contributed by atoms with Crippen molar-refractivity contribution in [3.8, 4) is 5.69 Å². The number of morpholine rings is 1. The molecule has 1 fully saturated rings. The van der Waals surface area contributed by atoms with Gasteiger partial charge in [-0.05, 0) is 31.2 Å². The summed E-state index contributed by atoms with van der Waals surface area (Å²) in [5.74, 6) is 1.53. The molecule has 0 saturated carbocycles. The Balaban J connectivity index is 1.47. The van der Waals surface area contributed by atoms with Crippen LogP contribution >= 0.6 is 11.8 Å². The summed E-state index contributed by atoms with van der Waals surface area (Å²) in [5, 5.41) is 9.89. The minimum atomic E-state index is 0.678. The summed E-state index contributed by atoms with van der Waals surface area (Å²) in [4.78, 5) is 11.8. The SMILES string of the molecule is Cc1nc2ccccc2nc1CSc1nnc(N2CCOCC2)n1-c1ccccc1. The van der Waals surface area contributed by atoms with Crippen molar-refractivity contribution < 1.29 is 4.74 Å². The molecule has 8 heteroatoms. The molecule has 3 heterocycles. The number of anilines is 1. The van der Waals surface area contributed by atoms with Crippen molar-refractivity contribution in [3.05, 3.63) is 66.0 Å². The highest BCUT2D eigenvalue weighted by Gasteiger charge is 2.22. The molecular weight excluding hydrogens is 396 g/mol.